The summed E-state index contributed by atoms with van der Waals surface area (Å²) >= 11 is 0. The lowest BCUT2D eigenvalue weighted by Gasteiger charge is -2.16. The van der Waals surface area contributed by atoms with Crippen LogP contribution in [0.4, 0.5) is 5.82 Å². The van der Waals surface area contributed by atoms with Crippen LogP contribution in [0.5, 0.6) is 0 Å². The van der Waals surface area contributed by atoms with E-state index in [0.717, 1.165) is 31.1 Å². The molecule has 0 atom stereocenters. The molecule has 0 amide bonds. The molecule has 35 heavy (non-hydrogen) atoms. The molecule has 0 saturated carbocycles. The molecular formula is C30H48N4O. The van der Waals surface area contributed by atoms with E-state index in [1.807, 2.05) is 59.2 Å². The second-order valence-electron chi connectivity index (χ2n) is 7.31. The molecule has 1 aromatic heterocycles. The Hall–Kier alpha value is -3.44. The summed E-state index contributed by atoms with van der Waals surface area (Å²) in [5.74, 6) is 1.36. The molecule has 5 heteroatoms. The van der Waals surface area contributed by atoms with E-state index in [9.17, 15) is 4.79 Å². The minimum atomic E-state index is 0. The topological polar surface area (TPSA) is 66.0 Å². The number of hydrogen-bond donors (Lipinski definition) is 3. The van der Waals surface area contributed by atoms with Gasteiger partial charge < -0.3 is 20.7 Å². The fraction of sp³-hybridized carbons (Fsp3) is 0.333. The van der Waals surface area contributed by atoms with Gasteiger partial charge >= 0.3 is 0 Å². The molecular weight excluding hydrogens is 432 g/mol. The van der Waals surface area contributed by atoms with Gasteiger partial charge in [0.05, 0.1) is 5.82 Å². The Labute approximate surface area is 216 Å². The Morgan fingerprint density at radius 1 is 1.11 bits per heavy atom. The largest absolute Gasteiger partial charge is 0.368 e. The van der Waals surface area contributed by atoms with Crippen LogP contribution in [0, 0.1) is 0 Å². The summed E-state index contributed by atoms with van der Waals surface area (Å²) in [6.07, 6.45) is 27.4. The third-order valence-electron chi connectivity index (χ3n) is 4.51. The summed E-state index contributed by atoms with van der Waals surface area (Å²) in [6.45, 7) is 10.7. The zero-order valence-electron chi connectivity index (χ0n) is 22.2. The van der Waals surface area contributed by atoms with Crippen molar-refractivity contribution in [1.82, 2.24) is 15.6 Å². The summed E-state index contributed by atoms with van der Waals surface area (Å²) in [4.78, 5) is 14.8. The van der Waals surface area contributed by atoms with E-state index in [-0.39, 0.29) is 2.85 Å². The number of aldehydes is 1. The van der Waals surface area contributed by atoms with E-state index in [1.165, 1.54) is 11.1 Å². The first-order chi connectivity index (χ1) is 17.1. The lowest BCUT2D eigenvalue weighted by molar-refractivity contribution is -0.107. The number of anilines is 1. The minimum absolute atomic E-state index is 0. The van der Waals surface area contributed by atoms with Crippen molar-refractivity contribution < 1.29 is 7.65 Å². The molecule has 2 aliphatic rings. The molecule has 1 heterocycles. The number of rotatable bonds is 8. The van der Waals surface area contributed by atoms with Crippen molar-refractivity contribution in [3.8, 4) is 0 Å². The Bertz CT molecular complexity index is 902. The maximum Gasteiger partial charge on any atom is 0.131 e. The SMILES string of the molecule is C1=CC=CCC=C1.C=C(NC/C(=C\C)C1=CCCC=C1)Nc1cc(CC=O)ccn1.CC.CNC.[HH].[HH]. The van der Waals surface area contributed by atoms with Crippen molar-refractivity contribution >= 4 is 12.1 Å². The second-order valence-corrected chi connectivity index (χ2v) is 7.31. The fourth-order valence-corrected chi connectivity index (χ4v) is 2.91. The van der Waals surface area contributed by atoms with E-state index in [2.05, 4.69) is 76.1 Å². The number of nitrogens with one attached hydrogen (secondary N) is 3. The van der Waals surface area contributed by atoms with Gasteiger partial charge in [-0.1, -0.05) is 81.2 Å². The molecule has 3 N–H and O–H groups in total. The highest BCUT2D eigenvalue weighted by Crippen LogP contribution is 2.18. The van der Waals surface area contributed by atoms with Crippen LogP contribution in [-0.4, -0.2) is 31.9 Å². The molecule has 194 valence electrons. The van der Waals surface area contributed by atoms with Gasteiger partial charge in [0.15, 0.2) is 0 Å². The van der Waals surface area contributed by atoms with E-state index in [0.29, 0.717) is 24.6 Å². The quantitative estimate of drug-likeness (QED) is 0.352. The highest BCUT2D eigenvalue weighted by atomic mass is 16.1. The van der Waals surface area contributed by atoms with Crippen LogP contribution >= 0.6 is 0 Å². The molecule has 0 aliphatic heterocycles. The lowest BCUT2D eigenvalue weighted by atomic mass is 9.99. The van der Waals surface area contributed by atoms with Crippen molar-refractivity contribution in [3.63, 3.8) is 0 Å². The van der Waals surface area contributed by atoms with Crippen molar-refractivity contribution in [1.29, 1.82) is 0 Å². The maximum atomic E-state index is 10.6. The predicted octanol–water partition coefficient (Wildman–Crippen LogP) is 6.93. The van der Waals surface area contributed by atoms with Crippen LogP contribution in [0.15, 0.2) is 103 Å². The van der Waals surface area contributed by atoms with Gasteiger partial charge in [0.2, 0.25) is 0 Å². The first kappa shape index (κ1) is 31.6. The molecule has 1 aromatic rings. The summed E-state index contributed by atoms with van der Waals surface area (Å²) < 4.78 is 0. The van der Waals surface area contributed by atoms with Gasteiger partial charge in [-0.05, 0) is 69.1 Å². The van der Waals surface area contributed by atoms with Gasteiger partial charge in [-0.2, -0.15) is 0 Å². The Kier molecular flexibility index (Phi) is 20.2. The first-order valence-electron chi connectivity index (χ1n) is 12.3. The molecule has 0 bridgehead atoms. The fourth-order valence-electron chi connectivity index (χ4n) is 2.91. The number of carbonyl (C=O) groups excluding carboxylic acids is 1. The average molecular weight is 481 g/mol. The standard InChI is InChI=1S/C19H23N3O.C7H8.C2H7N.C2H6.2H2/c1-3-17(18-7-5-4-6-8-18)14-21-15(2)22-19-13-16(10-12-23)9-11-20-19;1-2-4-6-7-5-3-1;1-3-2;1-2;;/h3,5,7-9,11-13,21H,2,4,6,10,14H2,1H3,(H,20,22);1-6H,7H2;3H,1-2H3;1-2H3;2*1H/b17-3+;;;;;. The Balaban J connectivity index is -0.000000692. The third-order valence-corrected chi connectivity index (χ3v) is 4.51. The van der Waals surface area contributed by atoms with Crippen LogP contribution < -0.4 is 16.0 Å². The van der Waals surface area contributed by atoms with Crippen LogP contribution in [0.1, 0.15) is 48.5 Å². The Morgan fingerprint density at radius 2 is 1.80 bits per heavy atom. The van der Waals surface area contributed by atoms with Gasteiger partial charge in [0.1, 0.15) is 12.1 Å². The lowest BCUT2D eigenvalue weighted by Crippen LogP contribution is -2.22. The van der Waals surface area contributed by atoms with Crippen molar-refractivity contribution in [2.24, 2.45) is 0 Å². The molecule has 0 unspecified atom stereocenters. The predicted molar refractivity (Wildman–Crippen MR) is 158 cm³/mol. The Morgan fingerprint density at radius 3 is 2.37 bits per heavy atom. The molecule has 0 saturated heterocycles. The summed E-state index contributed by atoms with van der Waals surface area (Å²) in [7, 11) is 3.75. The number of hydrogen-bond acceptors (Lipinski definition) is 5. The molecule has 3 rings (SSSR count). The smallest absolute Gasteiger partial charge is 0.131 e. The van der Waals surface area contributed by atoms with Crippen molar-refractivity contribution in [2.75, 3.05) is 26.0 Å². The monoisotopic (exact) mass is 480 g/mol. The zero-order chi connectivity index (χ0) is 26.2. The third kappa shape index (κ3) is 15.9. The highest BCUT2D eigenvalue weighted by molar-refractivity contribution is 5.56. The van der Waals surface area contributed by atoms with Crippen LogP contribution in [0.3, 0.4) is 0 Å². The van der Waals surface area contributed by atoms with Crippen LogP contribution in [-0.2, 0) is 11.2 Å². The second kappa shape index (κ2) is 22.4. The van der Waals surface area contributed by atoms with E-state index < -0.39 is 0 Å². The number of nitrogens with zero attached hydrogens (tertiary/aromatic N) is 1. The normalized spacial score (nSPS) is 13.4. The van der Waals surface area contributed by atoms with E-state index in [1.54, 1.807) is 6.20 Å². The summed E-state index contributed by atoms with van der Waals surface area (Å²) in [5, 5.41) is 9.15. The summed E-state index contributed by atoms with van der Waals surface area (Å²) in [5.41, 5.74) is 3.44. The van der Waals surface area contributed by atoms with Crippen molar-refractivity contribution in [3.05, 3.63) is 108 Å². The number of carbonyl (C=O) groups is 1. The number of allylic oxidation sites excluding steroid dienone is 10. The van der Waals surface area contributed by atoms with Gasteiger partial charge in [-0.25, -0.2) is 4.98 Å². The minimum Gasteiger partial charge on any atom is -0.368 e. The van der Waals surface area contributed by atoms with Crippen LogP contribution in [0.25, 0.3) is 0 Å². The van der Waals surface area contributed by atoms with Gasteiger partial charge in [0.25, 0.3) is 0 Å². The molecule has 0 aromatic carbocycles. The van der Waals surface area contributed by atoms with Gasteiger partial charge in [0, 0.05) is 22.0 Å². The van der Waals surface area contributed by atoms with Gasteiger partial charge in [-0.15, -0.1) is 0 Å². The zero-order valence-corrected chi connectivity index (χ0v) is 22.2. The van der Waals surface area contributed by atoms with Gasteiger partial charge in [-0.3, -0.25) is 0 Å². The van der Waals surface area contributed by atoms with E-state index >= 15 is 0 Å². The molecule has 2 aliphatic carbocycles. The maximum absolute atomic E-state index is 10.6. The molecule has 0 radical (unpaired) electrons. The summed E-state index contributed by atoms with van der Waals surface area (Å²) in [6, 6.07) is 3.68. The van der Waals surface area contributed by atoms with E-state index in [4.69, 9.17) is 0 Å². The van der Waals surface area contributed by atoms with Crippen molar-refractivity contribution in [2.45, 2.75) is 46.5 Å². The molecule has 5 nitrogen and oxygen atoms in total. The average Bonchev–Trinajstić information content (AvgIpc) is 3.21. The molecule has 0 spiro atoms. The highest BCUT2D eigenvalue weighted by Gasteiger charge is 2.05. The number of aromatic nitrogens is 1. The molecule has 0 fully saturated rings. The van der Waals surface area contributed by atoms with Crippen LogP contribution in [0.2, 0.25) is 0 Å². The number of pyridine rings is 1. The first-order valence-corrected chi connectivity index (χ1v) is 12.3.